The zero-order chi connectivity index (χ0) is 5.28. The van der Waals surface area contributed by atoms with Crippen LogP contribution in [0.25, 0.3) is 0 Å². The molecular weight excluding hydrogens is 124 g/mol. The number of thiocarbonyl (C=S) groups is 1. The Balaban J connectivity index is 2.58. The maximum atomic E-state index is 4.91. The normalized spacial score (nSPS) is 20.1. The van der Waals surface area contributed by atoms with Crippen molar-refractivity contribution in [2.24, 2.45) is 0 Å². The number of thioether (sulfide) groups is 1. The molecule has 0 aromatic heterocycles. The molecular formula is C5H6S2. The average Bonchev–Trinajstić information content (AvgIpc) is 1.87. The van der Waals surface area contributed by atoms with Gasteiger partial charge in [0.05, 0.1) is 4.20 Å². The highest BCUT2D eigenvalue weighted by Crippen LogP contribution is 2.26. The van der Waals surface area contributed by atoms with Gasteiger partial charge in [0, 0.05) is 6.42 Å². The maximum Gasteiger partial charge on any atom is 0.0561 e. The van der Waals surface area contributed by atoms with Crippen LogP contribution in [0.15, 0.2) is 11.0 Å². The molecule has 0 aliphatic carbocycles. The Hall–Kier alpha value is 0.180. The summed E-state index contributed by atoms with van der Waals surface area (Å²) in [5, 5.41) is 0. The number of rotatable bonds is 0. The Morgan fingerprint density at radius 2 is 2.57 bits per heavy atom. The summed E-state index contributed by atoms with van der Waals surface area (Å²) in [6, 6.07) is 0. The van der Waals surface area contributed by atoms with E-state index < -0.39 is 0 Å². The molecule has 7 heavy (non-hydrogen) atoms. The fourth-order valence-electron chi connectivity index (χ4n) is 0.490. The van der Waals surface area contributed by atoms with Crippen molar-refractivity contribution >= 4 is 28.2 Å². The second kappa shape index (κ2) is 1.97. The van der Waals surface area contributed by atoms with Crippen molar-refractivity contribution in [2.75, 3.05) is 0 Å². The molecule has 1 heterocycles. The van der Waals surface area contributed by atoms with Gasteiger partial charge in [0.1, 0.15) is 0 Å². The highest BCUT2D eigenvalue weighted by Gasteiger charge is 2.03. The first-order chi connectivity index (χ1) is 3.29. The van der Waals surface area contributed by atoms with Gasteiger partial charge in [0.2, 0.25) is 0 Å². The largest absolute Gasteiger partial charge is 0.0875 e. The molecule has 0 aromatic rings. The van der Waals surface area contributed by atoms with Crippen molar-refractivity contribution in [3.8, 4) is 0 Å². The molecule has 0 fully saturated rings. The lowest BCUT2D eigenvalue weighted by Crippen LogP contribution is -1.71. The van der Waals surface area contributed by atoms with Gasteiger partial charge in [0.25, 0.3) is 0 Å². The van der Waals surface area contributed by atoms with E-state index in [-0.39, 0.29) is 0 Å². The monoisotopic (exact) mass is 130 g/mol. The van der Waals surface area contributed by atoms with Crippen LogP contribution in [-0.2, 0) is 0 Å². The third-order valence-electron chi connectivity index (χ3n) is 0.831. The van der Waals surface area contributed by atoms with Gasteiger partial charge in [-0.3, -0.25) is 0 Å². The molecule has 0 saturated carbocycles. The minimum Gasteiger partial charge on any atom is -0.0875 e. The first kappa shape index (κ1) is 5.32. The van der Waals surface area contributed by atoms with Gasteiger partial charge < -0.3 is 0 Å². The number of hydrogen-bond donors (Lipinski definition) is 0. The molecule has 0 saturated heterocycles. The van der Waals surface area contributed by atoms with Crippen LogP contribution >= 0.6 is 24.0 Å². The molecule has 0 amide bonds. The molecule has 0 spiro atoms. The van der Waals surface area contributed by atoms with E-state index in [1.807, 2.05) is 0 Å². The van der Waals surface area contributed by atoms with Crippen LogP contribution in [0.5, 0.6) is 0 Å². The molecule has 2 heteroatoms. The van der Waals surface area contributed by atoms with Gasteiger partial charge in [-0.05, 0) is 11.8 Å². The number of allylic oxidation sites excluding steroid dienone is 2. The summed E-state index contributed by atoms with van der Waals surface area (Å²) in [4.78, 5) is 1.35. The van der Waals surface area contributed by atoms with E-state index in [0.717, 1.165) is 10.6 Å². The standard InChI is InChI=1S/C5H6S2/c1-4-2-3-5(6)7-4/h2H,3H2,1H3. The Morgan fingerprint density at radius 3 is 2.71 bits per heavy atom. The molecule has 1 rings (SSSR count). The van der Waals surface area contributed by atoms with Crippen LogP contribution < -0.4 is 0 Å². The highest BCUT2D eigenvalue weighted by molar-refractivity contribution is 8.25. The molecule has 0 atom stereocenters. The molecule has 1 aliphatic heterocycles. The Morgan fingerprint density at radius 1 is 1.86 bits per heavy atom. The van der Waals surface area contributed by atoms with E-state index in [1.165, 1.54) is 4.91 Å². The second-order valence-corrected chi connectivity index (χ2v) is 3.59. The zero-order valence-corrected chi connectivity index (χ0v) is 5.73. The minimum absolute atomic E-state index is 1.01. The lowest BCUT2D eigenvalue weighted by Gasteiger charge is -1.83. The van der Waals surface area contributed by atoms with Gasteiger partial charge in [-0.1, -0.05) is 30.1 Å². The summed E-state index contributed by atoms with van der Waals surface area (Å²) in [5.41, 5.74) is 0. The van der Waals surface area contributed by atoms with E-state index in [0.29, 0.717) is 0 Å². The molecule has 0 N–H and O–H groups in total. The van der Waals surface area contributed by atoms with Crippen LogP contribution in [-0.4, -0.2) is 4.20 Å². The fourth-order valence-corrected chi connectivity index (χ4v) is 1.66. The summed E-state index contributed by atoms with van der Waals surface area (Å²) in [7, 11) is 0. The summed E-state index contributed by atoms with van der Waals surface area (Å²) < 4.78 is 1.11. The summed E-state index contributed by atoms with van der Waals surface area (Å²) in [6.07, 6.45) is 3.17. The molecule has 1 aliphatic rings. The Bertz CT molecular complexity index is 124. The SMILES string of the molecule is CC1=CCC(=S)S1. The summed E-state index contributed by atoms with van der Waals surface area (Å²) in [6.45, 7) is 2.09. The van der Waals surface area contributed by atoms with Crippen molar-refractivity contribution in [3.63, 3.8) is 0 Å². The van der Waals surface area contributed by atoms with Gasteiger partial charge >= 0.3 is 0 Å². The van der Waals surface area contributed by atoms with E-state index in [9.17, 15) is 0 Å². The van der Waals surface area contributed by atoms with Crippen molar-refractivity contribution in [1.82, 2.24) is 0 Å². The molecule has 0 radical (unpaired) electrons. The predicted octanol–water partition coefficient (Wildman–Crippen LogP) is 2.35. The lowest BCUT2D eigenvalue weighted by molar-refractivity contribution is 1.52. The molecule has 0 aromatic carbocycles. The van der Waals surface area contributed by atoms with Gasteiger partial charge in [-0.15, -0.1) is 0 Å². The van der Waals surface area contributed by atoms with Gasteiger partial charge in [-0.2, -0.15) is 0 Å². The Labute approximate surface area is 53.0 Å². The maximum absolute atomic E-state index is 4.91. The van der Waals surface area contributed by atoms with E-state index in [4.69, 9.17) is 12.2 Å². The lowest BCUT2D eigenvalue weighted by atomic mass is 10.4. The van der Waals surface area contributed by atoms with Crippen LogP contribution in [0.2, 0.25) is 0 Å². The third-order valence-corrected chi connectivity index (χ3v) is 2.13. The highest BCUT2D eigenvalue weighted by atomic mass is 32.2. The first-order valence-electron chi connectivity index (χ1n) is 2.16. The molecule has 0 bridgehead atoms. The molecule has 0 unspecified atom stereocenters. The second-order valence-electron chi connectivity index (χ2n) is 1.49. The summed E-state index contributed by atoms with van der Waals surface area (Å²) >= 11 is 6.62. The van der Waals surface area contributed by atoms with Crippen LogP contribution in [0, 0.1) is 0 Å². The zero-order valence-electron chi connectivity index (χ0n) is 4.10. The third kappa shape index (κ3) is 1.28. The predicted molar refractivity (Wildman–Crippen MR) is 38.6 cm³/mol. The minimum atomic E-state index is 1.01. The van der Waals surface area contributed by atoms with Crippen LogP contribution in [0.4, 0.5) is 0 Å². The summed E-state index contributed by atoms with van der Waals surface area (Å²) in [5.74, 6) is 0. The smallest absolute Gasteiger partial charge is 0.0561 e. The van der Waals surface area contributed by atoms with Gasteiger partial charge in [0.15, 0.2) is 0 Å². The topological polar surface area (TPSA) is 0 Å². The van der Waals surface area contributed by atoms with Crippen molar-refractivity contribution in [1.29, 1.82) is 0 Å². The van der Waals surface area contributed by atoms with Crippen LogP contribution in [0.1, 0.15) is 13.3 Å². The van der Waals surface area contributed by atoms with Gasteiger partial charge in [-0.25, -0.2) is 0 Å². The van der Waals surface area contributed by atoms with Crippen molar-refractivity contribution in [2.45, 2.75) is 13.3 Å². The van der Waals surface area contributed by atoms with E-state index >= 15 is 0 Å². The van der Waals surface area contributed by atoms with Crippen LogP contribution in [0.3, 0.4) is 0 Å². The number of hydrogen-bond acceptors (Lipinski definition) is 2. The molecule has 38 valence electrons. The fraction of sp³-hybridized carbons (Fsp3) is 0.400. The quantitative estimate of drug-likeness (QED) is 0.462. The first-order valence-corrected chi connectivity index (χ1v) is 3.39. The van der Waals surface area contributed by atoms with E-state index in [2.05, 4.69) is 13.0 Å². The average molecular weight is 130 g/mol. The molecule has 0 nitrogen and oxygen atoms in total. The van der Waals surface area contributed by atoms with Crippen molar-refractivity contribution < 1.29 is 0 Å². The Kier molecular flexibility index (Phi) is 1.50. The van der Waals surface area contributed by atoms with E-state index in [1.54, 1.807) is 11.8 Å². The van der Waals surface area contributed by atoms with Crippen molar-refractivity contribution in [3.05, 3.63) is 11.0 Å².